The smallest absolute Gasteiger partial charge is 0.317 e. The van der Waals surface area contributed by atoms with Crippen molar-refractivity contribution in [3.05, 3.63) is 0 Å². The van der Waals surface area contributed by atoms with Crippen molar-refractivity contribution in [1.82, 2.24) is 10.2 Å². The van der Waals surface area contributed by atoms with E-state index in [9.17, 15) is 9.59 Å². The molecule has 6 heteroatoms. The lowest BCUT2D eigenvalue weighted by Gasteiger charge is -2.23. The third-order valence-corrected chi connectivity index (χ3v) is 3.33. The molecule has 1 unspecified atom stereocenters. The van der Waals surface area contributed by atoms with E-state index in [-0.39, 0.29) is 12.6 Å². The van der Waals surface area contributed by atoms with E-state index < -0.39 is 11.9 Å². The van der Waals surface area contributed by atoms with E-state index in [4.69, 9.17) is 5.11 Å². The fraction of sp³-hybridized carbons (Fsp3) is 0.833. The molecule has 2 amide bonds. The Bertz CT molecular complexity index is 262. The molecule has 0 saturated carbocycles. The molecule has 0 spiro atoms. The summed E-state index contributed by atoms with van der Waals surface area (Å²) in [7, 11) is 0. The molecule has 0 heterocycles. The van der Waals surface area contributed by atoms with Gasteiger partial charge in [0.25, 0.3) is 0 Å². The van der Waals surface area contributed by atoms with E-state index in [0.717, 1.165) is 18.6 Å². The zero-order valence-electron chi connectivity index (χ0n) is 11.4. The molecule has 0 fully saturated rings. The van der Waals surface area contributed by atoms with Crippen molar-refractivity contribution in [3.8, 4) is 0 Å². The number of urea groups is 1. The average Bonchev–Trinajstić information content (AvgIpc) is 2.34. The first kappa shape index (κ1) is 17.1. The number of carbonyl (C=O) groups excluding carboxylic acids is 1. The molecule has 0 aliphatic rings. The molecule has 0 aliphatic carbocycles. The second-order valence-electron chi connectivity index (χ2n) is 4.21. The maximum absolute atomic E-state index is 11.8. The van der Waals surface area contributed by atoms with E-state index in [1.807, 2.05) is 6.92 Å². The summed E-state index contributed by atoms with van der Waals surface area (Å²) in [5.74, 6) is -0.308. The van der Waals surface area contributed by atoms with E-state index in [2.05, 4.69) is 11.6 Å². The third-order valence-electron chi connectivity index (χ3n) is 2.64. The number of nitrogens with zero attached hydrogens (tertiary/aromatic N) is 1. The van der Waals surface area contributed by atoms with Gasteiger partial charge in [-0.25, -0.2) is 4.79 Å². The summed E-state index contributed by atoms with van der Waals surface area (Å²) in [6, 6.07) is -0.172. The normalized spacial score (nSPS) is 11.9. The van der Waals surface area contributed by atoms with Crippen molar-refractivity contribution in [2.45, 2.75) is 26.7 Å². The second-order valence-corrected chi connectivity index (χ2v) is 5.20. The van der Waals surface area contributed by atoms with Gasteiger partial charge in [0.2, 0.25) is 0 Å². The van der Waals surface area contributed by atoms with Gasteiger partial charge in [0.1, 0.15) is 0 Å². The van der Waals surface area contributed by atoms with Crippen LogP contribution in [0.4, 0.5) is 4.79 Å². The monoisotopic (exact) mass is 276 g/mol. The number of aliphatic carboxylic acids is 1. The van der Waals surface area contributed by atoms with Crippen molar-refractivity contribution in [2.24, 2.45) is 5.92 Å². The fourth-order valence-electron chi connectivity index (χ4n) is 1.44. The average molecular weight is 276 g/mol. The molecule has 0 aliphatic heterocycles. The van der Waals surface area contributed by atoms with E-state index >= 15 is 0 Å². The van der Waals surface area contributed by atoms with Crippen molar-refractivity contribution >= 4 is 23.8 Å². The number of carboxylic acids is 1. The highest BCUT2D eigenvalue weighted by atomic mass is 32.2. The summed E-state index contributed by atoms with van der Waals surface area (Å²) in [5.41, 5.74) is 0. The van der Waals surface area contributed by atoms with E-state index in [0.29, 0.717) is 13.1 Å². The molecule has 2 N–H and O–H groups in total. The Hall–Kier alpha value is -0.910. The summed E-state index contributed by atoms with van der Waals surface area (Å²) in [6.45, 7) is 4.88. The van der Waals surface area contributed by atoms with Crippen LogP contribution in [-0.4, -0.2) is 53.6 Å². The van der Waals surface area contributed by atoms with Crippen LogP contribution in [0.5, 0.6) is 0 Å². The SMILES string of the molecule is CCN(CC(C)C(=O)O)C(=O)NCCCCSC. The summed E-state index contributed by atoms with van der Waals surface area (Å²) < 4.78 is 0. The van der Waals surface area contributed by atoms with Crippen LogP contribution in [0.15, 0.2) is 0 Å². The maximum Gasteiger partial charge on any atom is 0.317 e. The third kappa shape index (κ3) is 7.42. The van der Waals surface area contributed by atoms with Crippen LogP contribution in [0.2, 0.25) is 0 Å². The van der Waals surface area contributed by atoms with Gasteiger partial charge in [-0.05, 0) is 31.8 Å². The molecule has 0 rings (SSSR count). The highest BCUT2D eigenvalue weighted by molar-refractivity contribution is 7.98. The Morgan fingerprint density at radius 3 is 2.56 bits per heavy atom. The lowest BCUT2D eigenvalue weighted by Crippen LogP contribution is -2.43. The van der Waals surface area contributed by atoms with Crippen molar-refractivity contribution in [1.29, 1.82) is 0 Å². The van der Waals surface area contributed by atoms with Gasteiger partial charge < -0.3 is 15.3 Å². The number of rotatable bonds is 9. The van der Waals surface area contributed by atoms with Gasteiger partial charge in [-0.2, -0.15) is 11.8 Å². The van der Waals surface area contributed by atoms with Crippen LogP contribution >= 0.6 is 11.8 Å². The lowest BCUT2D eigenvalue weighted by atomic mass is 10.2. The fourth-order valence-corrected chi connectivity index (χ4v) is 1.94. The summed E-state index contributed by atoms with van der Waals surface area (Å²) in [5, 5.41) is 11.6. The molecule has 1 atom stereocenters. The number of hydrogen-bond acceptors (Lipinski definition) is 3. The predicted octanol–water partition coefficient (Wildman–Crippen LogP) is 1.88. The van der Waals surface area contributed by atoms with Crippen LogP contribution in [0.25, 0.3) is 0 Å². The van der Waals surface area contributed by atoms with Gasteiger partial charge in [-0.15, -0.1) is 0 Å². The van der Waals surface area contributed by atoms with Gasteiger partial charge in [0.15, 0.2) is 0 Å². The zero-order valence-corrected chi connectivity index (χ0v) is 12.3. The molecule has 0 radical (unpaired) electrons. The first-order valence-electron chi connectivity index (χ1n) is 6.27. The topological polar surface area (TPSA) is 69.6 Å². The summed E-state index contributed by atoms with van der Waals surface area (Å²) in [6.07, 6.45) is 4.10. The predicted molar refractivity (Wildman–Crippen MR) is 75.1 cm³/mol. The molecule has 0 bridgehead atoms. The molecular formula is C12H24N2O3S. The number of carboxylic acid groups (broad SMARTS) is 1. The van der Waals surface area contributed by atoms with Crippen LogP contribution < -0.4 is 5.32 Å². The minimum Gasteiger partial charge on any atom is -0.481 e. The molecule has 0 saturated heterocycles. The van der Waals surface area contributed by atoms with E-state index in [1.165, 1.54) is 4.90 Å². The molecular weight excluding hydrogens is 252 g/mol. The van der Waals surface area contributed by atoms with Crippen molar-refractivity contribution < 1.29 is 14.7 Å². The number of nitrogens with one attached hydrogen (secondary N) is 1. The van der Waals surface area contributed by atoms with Crippen molar-refractivity contribution in [2.75, 3.05) is 31.6 Å². The minimum atomic E-state index is -0.874. The molecule has 106 valence electrons. The highest BCUT2D eigenvalue weighted by Crippen LogP contribution is 2.01. The molecule has 18 heavy (non-hydrogen) atoms. The highest BCUT2D eigenvalue weighted by Gasteiger charge is 2.18. The summed E-state index contributed by atoms with van der Waals surface area (Å²) >= 11 is 1.79. The quantitative estimate of drug-likeness (QED) is 0.631. The van der Waals surface area contributed by atoms with Crippen LogP contribution in [0.1, 0.15) is 26.7 Å². The first-order chi connectivity index (χ1) is 8.52. The van der Waals surface area contributed by atoms with Gasteiger partial charge in [-0.1, -0.05) is 6.92 Å². The molecule has 0 aromatic heterocycles. The molecule has 5 nitrogen and oxygen atoms in total. The van der Waals surface area contributed by atoms with Crippen LogP contribution in [0.3, 0.4) is 0 Å². The van der Waals surface area contributed by atoms with E-state index in [1.54, 1.807) is 18.7 Å². The first-order valence-corrected chi connectivity index (χ1v) is 7.66. The van der Waals surface area contributed by atoms with Gasteiger partial charge in [0, 0.05) is 19.6 Å². The Balaban J connectivity index is 3.92. The largest absolute Gasteiger partial charge is 0.481 e. The second kappa shape index (κ2) is 10.1. The van der Waals surface area contributed by atoms with Gasteiger partial charge >= 0.3 is 12.0 Å². The van der Waals surface area contributed by atoms with Crippen LogP contribution in [0, 0.1) is 5.92 Å². The molecule has 0 aromatic rings. The summed E-state index contributed by atoms with van der Waals surface area (Å²) in [4.78, 5) is 24.1. The van der Waals surface area contributed by atoms with Crippen LogP contribution in [-0.2, 0) is 4.79 Å². The Kier molecular flexibility index (Phi) is 9.55. The minimum absolute atomic E-state index is 0.172. The number of amides is 2. The number of carbonyl (C=O) groups is 2. The standard InChI is InChI=1S/C12H24N2O3S/c1-4-14(9-10(2)11(15)16)12(17)13-7-5-6-8-18-3/h10H,4-9H2,1-3H3,(H,13,17)(H,15,16). The van der Waals surface area contributed by atoms with Crippen molar-refractivity contribution in [3.63, 3.8) is 0 Å². The Labute approximate surface area is 113 Å². The zero-order chi connectivity index (χ0) is 14.0. The Morgan fingerprint density at radius 1 is 1.39 bits per heavy atom. The number of unbranched alkanes of at least 4 members (excludes halogenated alkanes) is 1. The maximum atomic E-state index is 11.8. The van der Waals surface area contributed by atoms with Gasteiger partial charge in [0.05, 0.1) is 5.92 Å². The molecule has 0 aromatic carbocycles. The Morgan fingerprint density at radius 2 is 2.06 bits per heavy atom. The number of thioether (sulfide) groups is 1. The number of hydrogen-bond donors (Lipinski definition) is 2. The van der Waals surface area contributed by atoms with Gasteiger partial charge in [-0.3, -0.25) is 4.79 Å². The lowest BCUT2D eigenvalue weighted by molar-refractivity contribution is -0.141.